The number of anilines is 1. The lowest BCUT2D eigenvalue weighted by atomic mass is 10.1. The van der Waals surface area contributed by atoms with E-state index in [9.17, 15) is 4.39 Å². The number of ether oxygens (including phenoxy) is 1. The SMILES string of the molecule is CC1(C)CCC(CNc2cccc(F)c2C#N)O1. The van der Waals surface area contributed by atoms with Crippen molar-refractivity contribution in [3.8, 4) is 6.07 Å². The zero-order valence-corrected chi connectivity index (χ0v) is 10.7. The molecule has 1 unspecified atom stereocenters. The van der Waals surface area contributed by atoms with Crippen molar-refractivity contribution in [2.75, 3.05) is 11.9 Å². The van der Waals surface area contributed by atoms with Gasteiger partial charge in [-0.2, -0.15) is 5.26 Å². The molecule has 1 N–H and O–H groups in total. The Bertz CT molecular complexity index is 479. The molecular formula is C14H17FN2O. The van der Waals surface area contributed by atoms with E-state index in [1.54, 1.807) is 12.1 Å². The number of nitrogens with zero attached hydrogens (tertiary/aromatic N) is 1. The predicted molar refractivity (Wildman–Crippen MR) is 67.8 cm³/mol. The van der Waals surface area contributed by atoms with Crippen LogP contribution in [-0.4, -0.2) is 18.2 Å². The summed E-state index contributed by atoms with van der Waals surface area (Å²) in [5.41, 5.74) is 0.521. The van der Waals surface area contributed by atoms with Gasteiger partial charge in [0.15, 0.2) is 0 Å². The fourth-order valence-electron chi connectivity index (χ4n) is 2.23. The minimum Gasteiger partial charge on any atom is -0.381 e. The number of hydrogen-bond donors (Lipinski definition) is 1. The van der Waals surface area contributed by atoms with Gasteiger partial charge in [-0.1, -0.05) is 6.07 Å². The van der Waals surface area contributed by atoms with E-state index in [-0.39, 0.29) is 17.3 Å². The molecule has 4 heteroatoms. The van der Waals surface area contributed by atoms with Crippen molar-refractivity contribution in [1.29, 1.82) is 5.26 Å². The predicted octanol–water partition coefficient (Wildman–Crippen LogP) is 3.07. The van der Waals surface area contributed by atoms with Crippen molar-refractivity contribution in [3.05, 3.63) is 29.6 Å². The molecule has 2 rings (SSSR count). The first-order chi connectivity index (χ1) is 8.52. The van der Waals surface area contributed by atoms with Gasteiger partial charge in [0.05, 0.1) is 17.4 Å². The maximum absolute atomic E-state index is 13.4. The van der Waals surface area contributed by atoms with Crippen LogP contribution in [-0.2, 0) is 4.74 Å². The van der Waals surface area contributed by atoms with Gasteiger partial charge in [0, 0.05) is 6.54 Å². The van der Waals surface area contributed by atoms with Crippen molar-refractivity contribution in [2.45, 2.75) is 38.4 Å². The Morgan fingerprint density at radius 2 is 2.33 bits per heavy atom. The molecule has 1 atom stereocenters. The van der Waals surface area contributed by atoms with E-state index in [4.69, 9.17) is 10.00 Å². The number of benzene rings is 1. The van der Waals surface area contributed by atoms with Gasteiger partial charge in [0.2, 0.25) is 0 Å². The molecule has 96 valence electrons. The first kappa shape index (κ1) is 12.8. The molecule has 1 aliphatic rings. The molecule has 18 heavy (non-hydrogen) atoms. The third-order valence-electron chi connectivity index (χ3n) is 3.20. The Morgan fingerprint density at radius 3 is 2.94 bits per heavy atom. The fourth-order valence-corrected chi connectivity index (χ4v) is 2.23. The summed E-state index contributed by atoms with van der Waals surface area (Å²) in [6, 6.07) is 6.47. The summed E-state index contributed by atoms with van der Waals surface area (Å²) in [5, 5.41) is 12.0. The van der Waals surface area contributed by atoms with Gasteiger partial charge in [0.25, 0.3) is 0 Å². The molecular weight excluding hydrogens is 231 g/mol. The fraction of sp³-hybridized carbons (Fsp3) is 0.500. The van der Waals surface area contributed by atoms with Gasteiger partial charge in [-0.25, -0.2) is 4.39 Å². The lowest BCUT2D eigenvalue weighted by molar-refractivity contribution is -0.00911. The zero-order valence-electron chi connectivity index (χ0n) is 10.7. The number of nitrogens with one attached hydrogen (secondary N) is 1. The summed E-state index contributed by atoms with van der Waals surface area (Å²) in [7, 11) is 0. The van der Waals surface area contributed by atoms with Crippen molar-refractivity contribution >= 4 is 5.69 Å². The van der Waals surface area contributed by atoms with Gasteiger partial charge in [-0.3, -0.25) is 0 Å². The Kier molecular flexibility index (Phi) is 3.53. The Hall–Kier alpha value is -1.60. The van der Waals surface area contributed by atoms with Crippen LogP contribution < -0.4 is 5.32 Å². The van der Waals surface area contributed by atoms with E-state index < -0.39 is 5.82 Å². The molecule has 1 heterocycles. The minimum absolute atomic E-state index is 0.0646. The van der Waals surface area contributed by atoms with Crippen LogP contribution in [0.15, 0.2) is 18.2 Å². The molecule has 0 aromatic heterocycles. The van der Waals surface area contributed by atoms with Crippen molar-refractivity contribution in [3.63, 3.8) is 0 Å². The van der Waals surface area contributed by atoms with E-state index in [2.05, 4.69) is 19.2 Å². The van der Waals surface area contributed by atoms with Gasteiger partial charge in [-0.15, -0.1) is 0 Å². The van der Waals surface area contributed by atoms with Crippen LogP contribution in [0.3, 0.4) is 0 Å². The summed E-state index contributed by atoms with van der Waals surface area (Å²) < 4.78 is 19.2. The van der Waals surface area contributed by atoms with E-state index in [1.165, 1.54) is 6.07 Å². The van der Waals surface area contributed by atoms with Gasteiger partial charge in [-0.05, 0) is 38.8 Å². The number of rotatable bonds is 3. The lowest BCUT2D eigenvalue weighted by Gasteiger charge is -2.20. The van der Waals surface area contributed by atoms with Crippen LogP contribution in [0.5, 0.6) is 0 Å². The third kappa shape index (κ3) is 2.80. The van der Waals surface area contributed by atoms with Crippen LogP contribution in [0.4, 0.5) is 10.1 Å². The van der Waals surface area contributed by atoms with E-state index in [0.29, 0.717) is 12.2 Å². The van der Waals surface area contributed by atoms with Gasteiger partial charge >= 0.3 is 0 Å². The monoisotopic (exact) mass is 248 g/mol. The summed E-state index contributed by atoms with van der Waals surface area (Å²) in [6.07, 6.45) is 2.12. The highest BCUT2D eigenvalue weighted by Crippen LogP contribution is 2.29. The standard InChI is InChI=1S/C14H17FN2O/c1-14(2)7-6-10(18-14)9-17-13-5-3-4-12(15)11(13)8-16/h3-5,10,17H,6-7,9H2,1-2H3. The lowest BCUT2D eigenvalue weighted by Crippen LogP contribution is -2.25. The molecule has 0 saturated carbocycles. The molecule has 0 radical (unpaired) electrons. The van der Waals surface area contributed by atoms with Crippen molar-refractivity contribution < 1.29 is 9.13 Å². The number of hydrogen-bond acceptors (Lipinski definition) is 3. The van der Waals surface area contributed by atoms with Crippen LogP contribution >= 0.6 is 0 Å². The molecule has 0 spiro atoms. The maximum Gasteiger partial charge on any atom is 0.143 e. The third-order valence-corrected chi connectivity index (χ3v) is 3.20. The molecule has 0 amide bonds. The molecule has 3 nitrogen and oxygen atoms in total. The summed E-state index contributed by atoms with van der Waals surface area (Å²) in [4.78, 5) is 0. The highest BCUT2D eigenvalue weighted by molar-refractivity contribution is 5.57. The Labute approximate surface area is 107 Å². The van der Waals surface area contributed by atoms with Crippen molar-refractivity contribution in [2.24, 2.45) is 0 Å². The van der Waals surface area contributed by atoms with E-state index in [1.807, 2.05) is 6.07 Å². The molecule has 0 bridgehead atoms. The average molecular weight is 248 g/mol. The topological polar surface area (TPSA) is 45.0 Å². The first-order valence-electron chi connectivity index (χ1n) is 6.12. The first-order valence-corrected chi connectivity index (χ1v) is 6.12. The smallest absolute Gasteiger partial charge is 0.143 e. The molecule has 1 aliphatic heterocycles. The Morgan fingerprint density at radius 1 is 1.56 bits per heavy atom. The van der Waals surface area contributed by atoms with E-state index >= 15 is 0 Å². The highest BCUT2D eigenvalue weighted by Gasteiger charge is 2.31. The second-order valence-electron chi connectivity index (χ2n) is 5.19. The van der Waals surface area contributed by atoms with Crippen LogP contribution in [0.25, 0.3) is 0 Å². The number of halogens is 1. The zero-order chi connectivity index (χ0) is 13.2. The normalized spacial score (nSPS) is 21.6. The van der Waals surface area contributed by atoms with E-state index in [0.717, 1.165) is 12.8 Å². The molecule has 0 aliphatic carbocycles. The highest BCUT2D eigenvalue weighted by atomic mass is 19.1. The minimum atomic E-state index is -0.491. The second-order valence-corrected chi connectivity index (χ2v) is 5.19. The summed E-state index contributed by atoms with van der Waals surface area (Å²) in [5.74, 6) is -0.491. The molecule has 1 aromatic rings. The van der Waals surface area contributed by atoms with Crippen LogP contribution in [0, 0.1) is 17.1 Å². The van der Waals surface area contributed by atoms with Gasteiger partial charge < -0.3 is 10.1 Å². The maximum atomic E-state index is 13.4. The van der Waals surface area contributed by atoms with Crippen LogP contribution in [0.2, 0.25) is 0 Å². The number of nitriles is 1. The van der Waals surface area contributed by atoms with Gasteiger partial charge in [0.1, 0.15) is 17.4 Å². The van der Waals surface area contributed by atoms with Crippen molar-refractivity contribution in [1.82, 2.24) is 0 Å². The van der Waals surface area contributed by atoms with Crippen LogP contribution in [0.1, 0.15) is 32.3 Å². The largest absolute Gasteiger partial charge is 0.381 e. The Balaban J connectivity index is 2.00. The average Bonchev–Trinajstić information content (AvgIpc) is 2.66. The summed E-state index contributed by atoms with van der Waals surface area (Å²) in [6.45, 7) is 4.73. The molecule has 1 saturated heterocycles. The quantitative estimate of drug-likeness (QED) is 0.894. The summed E-state index contributed by atoms with van der Waals surface area (Å²) >= 11 is 0. The second kappa shape index (κ2) is 4.95. The molecule has 1 aromatic carbocycles. The molecule has 1 fully saturated rings.